The molecule has 0 amide bonds. The first-order valence-corrected chi connectivity index (χ1v) is 6.81. The average molecular weight is 240 g/mol. The van der Waals surface area contributed by atoms with Gasteiger partial charge >= 0.3 is 0 Å². The van der Waals surface area contributed by atoms with Crippen LogP contribution in [0.4, 0.5) is 5.13 Å². The predicted molar refractivity (Wildman–Crippen MR) is 68.1 cm³/mol. The van der Waals surface area contributed by atoms with Crippen LogP contribution in [0.3, 0.4) is 0 Å². The number of rotatable bonds is 5. The molecule has 2 heterocycles. The van der Waals surface area contributed by atoms with E-state index in [0.29, 0.717) is 5.92 Å². The normalized spacial score (nSPS) is 20.6. The Labute approximate surface area is 101 Å². The maximum absolute atomic E-state index is 4.45. The van der Waals surface area contributed by atoms with Crippen LogP contribution in [0.15, 0.2) is 0 Å². The summed E-state index contributed by atoms with van der Waals surface area (Å²) in [6.07, 6.45) is 2.54. The van der Waals surface area contributed by atoms with E-state index in [1.54, 1.807) is 0 Å². The van der Waals surface area contributed by atoms with Crippen LogP contribution < -0.4 is 10.6 Å². The number of nitrogens with zero attached hydrogens (tertiary/aromatic N) is 2. The van der Waals surface area contributed by atoms with Crippen LogP contribution in [-0.4, -0.2) is 29.0 Å². The molecule has 0 radical (unpaired) electrons. The van der Waals surface area contributed by atoms with Crippen molar-refractivity contribution in [2.45, 2.75) is 32.6 Å². The lowest BCUT2D eigenvalue weighted by Gasteiger charge is -2.07. The highest BCUT2D eigenvalue weighted by Crippen LogP contribution is 2.18. The number of hydrogen-bond donors (Lipinski definition) is 2. The van der Waals surface area contributed by atoms with Crippen molar-refractivity contribution in [3.8, 4) is 0 Å². The van der Waals surface area contributed by atoms with Crippen molar-refractivity contribution in [3.63, 3.8) is 0 Å². The fourth-order valence-electron chi connectivity index (χ4n) is 1.89. The zero-order chi connectivity index (χ0) is 11.4. The second-order valence-electron chi connectivity index (χ2n) is 4.69. The predicted octanol–water partition coefficient (Wildman–Crippen LogP) is 2.07. The van der Waals surface area contributed by atoms with Crippen molar-refractivity contribution < 1.29 is 0 Å². The summed E-state index contributed by atoms with van der Waals surface area (Å²) in [7, 11) is 0. The summed E-state index contributed by atoms with van der Waals surface area (Å²) in [6.45, 7) is 7.61. The van der Waals surface area contributed by atoms with Crippen LogP contribution in [0.25, 0.3) is 0 Å². The van der Waals surface area contributed by atoms with Crippen molar-refractivity contribution in [2.24, 2.45) is 5.92 Å². The Hall–Kier alpha value is -0.680. The van der Waals surface area contributed by atoms with Gasteiger partial charge in [-0.15, -0.1) is 0 Å². The zero-order valence-electron chi connectivity index (χ0n) is 9.99. The van der Waals surface area contributed by atoms with Gasteiger partial charge < -0.3 is 10.6 Å². The smallest absolute Gasteiger partial charge is 0.202 e. The van der Waals surface area contributed by atoms with Crippen LogP contribution in [-0.2, 0) is 0 Å². The fourth-order valence-corrected chi connectivity index (χ4v) is 2.62. The molecular weight excluding hydrogens is 220 g/mol. The van der Waals surface area contributed by atoms with Crippen molar-refractivity contribution in [2.75, 3.05) is 25.0 Å². The first kappa shape index (κ1) is 11.8. The van der Waals surface area contributed by atoms with E-state index < -0.39 is 0 Å². The molecule has 4 nitrogen and oxygen atoms in total. The number of anilines is 1. The highest BCUT2D eigenvalue weighted by molar-refractivity contribution is 7.09. The van der Waals surface area contributed by atoms with E-state index in [4.69, 9.17) is 0 Å². The standard InChI is InChI=1S/C11H20N4S/c1-8(2)10-14-11(16-15-10)13-6-4-9-3-5-12-7-9/h8-9,12H,3-7H2,1-2H3,(H,13,14,15). The quantitative estimate of drug-likeness (QED) is 0.827. The van der Waals surface area contributed by atoms with E-state index in [9.17, 15) is 0 Å². The van der Waals surface area contributed by atoms with Crippen LogP contribution >= 0.6 is 11.5 Å². The van der Waals surface area contributed by atoms with Crippen molar-refractivity contribution in [3.05, 3.63) is 5.82 Å². The van der Waals surface area contributed by atoms with E-state index >= 15 is 0 Å². The van der Waals surface area contributed by atoms with Gasteiger partial charge in [0.15, 0.2) is 0 Å². The molecule has 0 bridgehead atoms. The lowest BCUT2D eigenvalue weighted by Crippen LogP contribution is -2.12. The van der Waals surface area contributed by atoms with E-state index in [1.807, 2.05) is 0 Å². The van der Waals surface area contributed by atoms with E-state index in [1.165, 1.54) is 37.5 Å². The van der Waals surface area contributed by atoms with E-state index in [0.717, 1.165) is 23.4 Å². The van der Waals surface area contributed by atoms with Gasteiger partial charge in [0.1, 0.15) is 5.82 Å². The van der Waals surface area contributed by atoms with Gasteiger partial charge in [-0.1, -0.05) is 13.8 Å². The molecule has 1 saturated heterocycles. The van der Waals surface area contributed by atoms with Gasteiger partial charge in [-0.25, -0.2) is 4.98 Å². The Bertz CT molecular complexity index is 318. The molecule has 1 aliphatic heterocycles. The molecule has 0 aliphatic carbocycles. The van der Waals surface area contributed by atoms with Crippen LogP contribution in [0, 0.1) is 5.92 Å². The van der Waals surface area contributed by atoms with Gasteiger partial charge in [-0.3, -0.25) is 0 Å². The Morgan fingerprint density at radius 2 is 2.44 bits per heavy atom. The van der Waals surface area contributed by atoms with Gasteiger partial charge in [0, 0.05) is 24.0 Å². The molecule has 16 heavy (non-hydrogen) atoms. The van der Waals surface area contributed by atoms with Gasteiger partial charge in [0.2, 0.25) is 5.13 Å². The minimum Gasteiger partial charge on any atom is -0.360 e. The third kappa shape index (κ3) is 3.15. The zero-order valence-corrected chi connectivity index (χ0v) is 10.8. The van der Waals surface area contributed by atoms with Crippen molar-refractivity contribution >= 4 is 16.7 Å². The fraction of sp³-hybridized carbons (Fsp3) is 0.818. The molecule has 0 spiro atoms. The average Bonchev–Trinajstić information content (AvgIpc) is 2.87. The minimum atomic E-state index is 0.422. The lowest BCUT2D eigenvalue weighted by atomic mass is 10.1. The summed E-state index contributed by atoms with van der Waals surface area (Å²) in [5.41, 5.74) is 0. The van der Waals surface area contributed by atoms with Gasteiger partial charge in [-0.05, 0) is 31.8 Å². The number of nitrogens with one attached hydrogen (secondary N) is 2. The molecule has 1 aromatic heterocycles. The van der Waals surface area contributed by atoms with Crippen LogP contribution in [0.5, 0.6) is 0 Å². The summed E-state index contributed by atoms with van der Waals surface area (Å²) < 4.78 is 4.32. The Morgan fingerprint density at radius 1 is 1.56 bits per heavy atom. The third-order valence-electron chi connectivity index (χ3n) is 2.95. The molecule has 1 fully saturated rings. The molecule has 0 aromatic carbocycles. The number of hydrogen-bond acceptors (Lipinski definition) is 5. The summed E-state index contributed by atoms with van der Waals surface area (Å²) in [4.78, 5) is 4.45. The summed E-state index contributed by atoms with van der Waals surface area (Å²) in [5.74, 6) is 2.21. The first-order chi connectivity index (χ1) is 7.75. The van der Waals surface area contributed by atoms with Gasteiger partial charge in [0.05, 0.1) is 0 Å². The van der Waals surface area contributed by atoms with E-state index in [2.05, 4.69) is 33.8 Å². The molecule has 5 heteroatoms. The largest absolute Gasteiger partial charge is 0.360 e. The first-order valence-electron chi connectivity index (χ1n) is 6.04. The van der Waals surface area contributed by atoms with Crippen molar-refractivity contribution in [1.82, 2.24) is 14.7 Å². The van der Waals surface area contributed by atoms with E-state index in [-0.39, 0.29) is 0 Å². The topological polar surface area (TPSA) is 49.8 Å². The third-order valence-corrected chi connectivity index (χ3v) is 3.64. The van der Waals surface area contributed by atoms with Crippen molar-refractivity contribution in [1.29, 1.82) is 0 Å². The molecule has 2 rings (SSSR count). The Kier molecular flexibility index (Phi) is 4.12. The van der Waals surface area contributed by atoms with Crippen LogP contribution in [0.1, 0.15) is 38.4 Å². The molecule has 1 atom stereocenters. The monoisotopic (exact) mass is 240 g/mol. The van der Waals surface area contributed by atoms with Gasteiger partial charge in [0.25, 0.3) is 0 Å². The molecular formula is C11H20N4S. The number of aromatic nitrogens is 2. The molecule has 1 unspecified atom stereocenters. The summed E-state index contributed by atoms with van der Waals surface area (Å²) >= 11 is 1.47. The maximum atomic E-state index is 4.45. The Morgan fingerprint density at radius 3 is 3.06 bits per heavy atom. The molecule has 2 N–H and O–H groups in total. The highest BCUT2D eigenvalue weighted by Gasteiger charge is 2.14. The SMILES string of the molecule is CC(C)c1nsc(NCCC2CCNC2)n1. The molecule has 1 aromatic rings. The Balaban J connectivity index is 1.72. The maximum Gasteiger partial charge on any atom is 0.202 e. The molecule has 0 saturated carbocycles. The van der Waals surface area contributed by atoms with Gasteiger partial charge in [-0.2, -0.15) is 4.37 Å². The second kappa shape index (κ2) is 5.59. The lowest BCUT2D eigenvalue weighted by molar-refractivity contribution is 0.549. The minimum absolute atomic E-state index is 0.422. The molecule has 1 aliphatic rings. The molecule has 90 valence electrons. The summed E-state index contributed by atoms with van der Waals surface area (Å²) in [6, 6.07) is 0. The second-order valence-corrected chi connectivity index (χ2v) is 5.44. The summed E-state index contributed by atoms with van der Waals surface area (Å²) in [5, 5.41) is 7.72. The van der Waals surface area contributed by atoms with Crippen LogP contribution in [0.2, 0.25) is 0 Å². The highest BCUT2D eigenvalue weighted by atomic mass is 32.1.